The Labute approximate surface area is 117 Å². The number of oxime groups is 1. The van der Waals surface area contributed by atoms with Crippen LogP contribution in [0.5, 0.6) is 11.5 Å². The Hall–Kier alpha value is -2.56. The highest BCUT2D eigenvalue weighted by molar-refractivity contribution is 5.80. The van der Waals surface area contributed by atoms with Gasteiger partial charge in [0.25, 0.3) is 0 Å². The predicted molar refractivity (Wildman–Crippen MR) is 75.6 cm³/mol. The topological polar surface area (TPSA) is 63.9 Å². The Balaban J connectivity index is 2.13. The monoisotopic (exact) mass is 272 g/mol. The summed E-state index contributed by atoms with van der Waals surface area (Å²) < 4.78 is 11.3. The molecule has 0 radical (unpaired) electrons. The molecule has 1 N–H and O–H groups in total. The zero-order valence-electron chi connectivity index (χ0n) is 11.2. The minimum Gasteiger partial charge on any atom is -0.490 e. The summed E-state index contributed by atoms with van der Waals surface area (Å²) in [5.41, 5.74) is 1.72. The van der Waals surface area contributed by atoms with Crippen molar-refractivity contribution in [3.05, 3.63) is 53.9 Å². The molecule has 0 saturated carbocycles. The molecule has 0 aliphatic rings. The first-order valence-corrected chi connectivity index (χ1v) is 6.29. The van der Waals surface area contributed by atoms with Crippen LogP contribution >= 0.6 is 0 Å². The van der Waals surface area contributed by atoms with Gasteiger partial charge in [0.2, 0.25) is 0 Å². The van der Waals surface area contributed by atoms with E-state index < -0.39 is 0 Å². The fraction of sp³-hybridized carbons (Fsp3) is 0.200. The van der Waals surface area contributed by atoms with Gasteiger partial charge in [-0.2, -0.15) is 0 Å². The maximum Gasteiger partial charge on any atom is 0.161 e. The molecule has 5 nitrogen and oxygen atoms in total. The van der Waals surface area contributed by atoms with E-state index in [4.69, 9.17) is 14.7 Å². The lowest BCUT2D eigenvalue weighted by atomic mass is 10.2. The fourth-order valence-electron chi connectivity index (χ4n) is 1.70. The first-order valence-electron chi connectivity index (χ1n) is 6.29. The van der Waals surface area contributed by atoms with Crippen LogP contribution in [0.2, 0.25) is 0 Å². The maximum atomic E-state index is 8.55. The average molecular weight is 272 g/mol. The van der Waals surface area contributed by atoms with Crippen molar-refractivity contribution in [2.24, 2.45) is 5.16 Å². The van der Waals surface area contributed by atoms with Crippen molar-refractivity contribution in [2.45, 2.75) is 13.5 Å². The zero-order chi connectivity index (χ0) is 14.2. The van der Waals surface area contributed by atoms with Crippen molar-refractivity contribution in [1.29, 1.82) is 0 Å². The van der Waals surface area contributed by atoms with Gasteiger partial charge in [0, 0.05) is 23.5 Å². The summed E-state index contributed by atoms with van der Waals surface area (Å²) in [5, 5.41) is 11.6. The number of aromatic nitrogens is 1. The van der Waals surface area contributed by atoms with Crippen LogP contribution in [0, 0.1) is 0 Å². The molecule has 0 unspecified atom stereocenters. The van der Waals surface area contributed by atoms with Gasteiger partial charge < -0.3 is 14.7 Å². The molecular formula is C15H16N2O3. The van der Waals surface area contributed by atoms with Crippen molar-refractivity contribution in [1.82, 2.24) is 4.98 Å². The quantitative estimate of drug-likeness (QED) is 0.499. The summed E-state index contributed by atoms with van der Waals surface area (Å²) in [7, 11) is 0. The summed E-state index contributed by atoms with van der Waals surface area (Å²) in [4.78, 5) is 4.04. The Bertz CT molecular complexity index is 571. The zero-order valence-corrected chi connectivity index (χ0v) is 11.2. The van der Waals surface area contributed by atoms with Gasteiger partial charge >= 0.3 is 0 Å². The molecule has 20 heavy (non-hydrogen) atoms. The molecule has 0 saturated heterocycles. The van der Waals surface area contributed by atoms with E-state index in [0.29, 0.717) is 24.7 Å². The Morgan fingerprint density at radius 2 is 2.15 bits per heavy atom. The van der Waals surface area contributed by atoms with E-state index in [0.717, 1.165) is 11.1 Å². The van der Waals surface area contributed by atoms with E-state index in [1.807, 2.05) is 19.1 Å². The predicted octanol–water partition coefficient (Wildman–Crippen LogP) is 2.87. The van der Waals surface area contributed by atoms with Crippen molar-refractivity contribution < 1.29 is 14.7 Å². The van der Waals surface area contributed by atoms with Crippen LogP contribution in [0.15, 0.2) is 47.9 Å². The molecule has 1 aromatic carbocycles. The molecule has 2 rings (SSSR count). The second-order valence-electron chi connectivity index (χ2n) is 4.03. The van der Waals surface area contributed by atoms with Crippen LogP contribution in [0.4, 0.5) is 0 Å². The molecule has 0 amide bonds. The normalized spacial score (nSPS) is 10.7. The molecule has 5 heteroatoms. The number of hydrogen-bond acceptors (Lipinski definition) is 5. The number of ether oxygens (including phenoxy) is 2. The summed E-state index contributed by atoms with van der Waals surface area (Å²) in [6.45, 7) is 2.85. The molecule has 104 valence electrons. The van der Waals surface area contributed by atoms with Crippen LogP contribution in [-0.4, -0.2) is 23.0 Å². The number of nitrogens with zero attached hydrogens (tertiary/aromatic N) is 2. The van der Waals surface area contributed by atoms with Crippen molar-refractivity contribution in [2.75, 3.05) is 6.61 Å². The number of hydrogen-bond donors (Lipinski definition) is 1. The Morgan fingerprint density at radius 3 is 2.85 bits per heavy atom. The molecule has 1 aromatic heterocycles. The summed E-state index contributed by atoms with van der Waals surface area (Å²) in [6.07, 6.45) is 4.82. The third-order valence-electron chi connectivity index (χ3n) is 2.59. The highest BCUT2D eigenvalue weighted by Crippen LogP contribution is 2.28. The number of pyridine rings is 1. The van der Waals surface area contributed by atoms with E-state index in [1.165, 1.54) is 6.21 Å². The Morgan fingerprint density at radius 1 is 1.25 bits per heavy atom. The lowest BCUT2D eigenvalue weighted by Gasteiger charge is -2.12. The number of benzene rings is 1. The van der Waals surface area contributed by atoms with Gasteiger partial charge in [0.1, 0.15) is 6.61 Å². The van der Waals surface area contributed by atoms with E-state index in [1.54, 1.807) is 30.6 Å². The van der Waals surface area contributed by atoms with Crippen LogP contribution in [0.25, 0.3) is 0 Å². The molecule has 0 aliphatic carbocycles. The van der Waals surface area contributed by atoms with Crippen LogP contribution in [-0.2, 0) is 6.61 Å². The van der Waals surface area contributed by atoms with Gasteiger partial charge in [-0.05, 0) is 31.2 Å². The van der Waals surface area contributed by atoms with E-state index in [9.17, 15) is 0 Å². The van der Waals surface area contributed by atoms with Crippen molar-refractivity contribution in [3.8, 4) is 11.5 Å². The molecule has 1 heterocycles. The largest absolute Gasteiger partial charge is 0.490 e. The van der Waals surface area contributed by atoms with Gasteiger partial charge in [-0.25, -0.2) is 0 Å². The lowest BCUT2D eigenvalue weighted by molar-refractivity contribution is 0.269. The van der Waals surface area contributed by atoms with Crippen molar-refractivity contribution >= 4 is 6.21 Å². The van der Waals surface area contributed by atoms with E-state index in [2.05, 4.69) is 10.1 Å². The minimum atomic E-state index is 0.418. The summed E-state index contributed by atoms with van der Waals surface area (Å²) in [6, 6.07) is 9.16. The highest BCUT2D eigenvalue weighted by Gasteiger charge is 2.06. The van der Waals surface area contributed by atoms with Gasteiger partial charge in [-0.3, -0.25) is 4.98 Å². The second kappa shape index (κ2) is 7.13. The molecule has 0 bridgehead atoms. The Kier molecular flexibility index (Phi) is 4.94. The van der Waals surface area contributed by atoms with Gasteiger partial charge in [0.15, 0.2) is 11.5 Å². The van der Waals surface area contributed by atoms with E-state index in [-0.39, 0.29) is 0 Å². The van der Waals surface area contributed by atoms with Gasteiger partial charge in [-0.1, -0.05) is 11.2 Å². The lowest BCUT2D eigenvalue weighted by Crippen LogP contribution is -2.00. The third kappa shape index (κ3) is 3.71. The van der Waals surface area contributed by atoms with Crippen LogP contribution in [0.3, 0.4) is 0 Å². The van der Waals surface area contributed by atoms with Crippen LogP contribution in [0.1, 0.15) is 18.1 Å². The molecule has 0 spiro atoms. The molecule has 0 fully saturated rings. The summed E-state index contributed by atoms with van der Waals surface area (Å²) >= 11 is 0. The van der Waals surface area contributed by atoms with Gasteiger partial charge in [0.05, 0.1) is 12.8 Å². The van der Waals surface area contributed by atoms with Crippen LogP contribution < -0.4 is 9.47 Å². The summed E-state index contributed by atoms with van der Waals surface area (Å²) in [5.74, 6) is 1.26. The van der Waals surface area contributed by atoms with Crippen molar-refractivity contribution in [3.63, 3.8) is 0 Å². The van der Waals surface area contributed by atoms with Gasteiger partial charge in [-0.15, -0.1) is 0 Å². The molecular weight excluding hydrogens is 256 g/mol. The third-order valence-corrected chi connectivity index (χ3v) is 2.59. The fourth-order valence-corrected chi connectivity index (χ4v) is 1.70. The highest BCUT2D eigenvalue weighted by atomic mass is 16.5. The van der Waals surface area contributed by atoms with E-state index >= 15 is 0 Å². The smallest absolute Gasteiger partial charge is 0.161 e. The SMILES string of the molecule is CCOc1cc(/C=N\O)ccc1OCc1cccnc1. The standard InChI is InChI=1S/C15H16N2O3/c1-2-19-15-8-12(10-17-18)5-6-14(15)20-11-13-4-3-7-16-9-13/h3-10,18H,2,11H2,1H3/b17-10-. The minimum absolute atomic E-state index is 0.418. The molecule has 0 aliphatic heterocycles. The molecule has 2 aromatic rings. The average Bonchev–Trinajstić information content (AvgIpc) is 2.48. The second-order valence-corrected chi connectivity index (χ2v) is 4.03. The maximum absolute atomic E-state index is 8.55. The molecule has 0 atom stereocenters. The first-order chi connectivity index (χ1) is 9.83. The first kappa shape index (κ1) is 13.9. The number of rotatable bonds is 6.